The second kappa shape index (κ2) is 5.41. The third kappa shape index (κ3) is 2.59. The number of nitrogens with zero attached hydrogens (tertiary/aromatic N) is 4. The van der Waals surface area contributed by atoms with Crippen molar-refractivity contribution >= 4 is 0 Å². The van der Waals surface area contributed by atoms with Crippen LogP contribution in [-0.4, -0.2) is 39.3 Å². The van der Waals surface area contributed by atoms with E-state index in [1.54, 1.807) is 6.33 Å². The molecule has 16 heavy (non-hydrogen) atoms. The van der Waals surface area contributed by atoms with E-state index >= 15 is 0 Å². The molecule has 1 aliphatic heterocycles. The molecule has 0 bridgehead atoms. The monoisotopic (exact) mass is 223 g/mol. The first-order valence-corrected chi connectivity index (χ1v) is 6.12. The van der Waals surface area contributed by atoms with Crippen molar-refractivity contribution in [3.8, 4) is 0 Å². The number of likely N-dealkylation sites (tertiary alicyclic amines) is 1. The number of aromatic nitrogens is 3. The number of rotatable bonds is 4. The van der Waals surface area contributed by atoms with Crippen molar-refractivity contribution < 1.29 is 0 Å². The number of nitrogens with two attached hydrogens (primary N) is 1. The van der Waals surface area contributed by atoms with Crippen molar-refractivity contribution in [3.05, 3.63) is 12.2 Å². The maximum absolute atomic E-state index is 5.74. The molecule has 0 aromatic carbocycles. The van der Waals surface area contributed by atoms with Gasteiger partial charge in [-0.2, -0.15) is 5.10 Å². The largest absolute Gasteiger partial charge is 0.330 e. The van der Waals surface area contributed by atoms with Gasteiger partial charge in [0.15, 0.2) is 0 Å². The predicted octanol–water partition coefficient (Wildman–Crippen LogP) is 0.469. The van der Waals surface area contributed by atoms with E-state index in [1.165, 1.54) is 12.8 Å². The molecule has 1 fully saturated rings. The van der Waals surface area contributed by atoms with Gasteiger partial charge in [-0.1, -0.05) is 0 Å². The summed E-state index contributed by atoms with van der Waals surface area (Å²) in [5, 5.41) is 4.19. The summed E-state index contributed by atoms with van der Waals surface area (Å²) in [4.78, 5) is 6.75. The lowest BCUT2D eigenvalue weighted by Gasteiger charge is -2.31. The minimum Gasteiger partial charge on any atom is -0.330 e. The maximum atomic E-state index is 5.74. The molecule has 1 atom stereocenters. The Labute approximate surface area is 96.6 Å². The second-order valence-corrected chi connectivity index (χ2v) is 4.47. The standard InChI is InChI=1S/C11H21N5/c1-2-16-11(13-9-14-16)8-15-5-3-4-10(6-12)7-15/h9-10H,2-8,12H2,1H3. The Morgan fingerprint density at radius 3 is 3.19 bits per heavy atom. The molecule has 1 aromatic heterocycles. The molecule has 0 amide bonds. The third-order valence-corrected chi connectivity index (χ3v) is 3.30. The van der Waals surface area contributed by atoms with E-state index in [1.807, 2.05) is 4.68 Å². The SMILES string of the molecule is CCn1ncnc1CN1CCCC(CN)C1. The van der Waals surface area contributed by atoms with E-state index in [2.05, 4.69) is 21.9 Å². The van der Waals surface area contributed by atoms with Crippen LogP contribution in [0.15, 0.2) is 6.33 Å². The summed E-state index contributed by atoms with van der Waals surface area (Å²) in [5.74, 6) is 1.73. The molecule has 90 valence electrons. The molecule has 0 radical (unpaired) electrons. The summed E-state index contributed by atoms with van der Waals surface area (Å²) in [5.41, 5.74) is 5.74. The van der Waals surface area contributed by atoms with Gasteiger partial charge in [0.25, 0.3) is 0 Å². The lowest BCUT2D eigenvalue weighted by atomic mass is 9.98. The van der Waals surface area contributed by atoms with Crippen LogP contribution in [0.3, 0.4) is 0 Å². The zero-order valence-electron chi connectivity index (χ0n) is 9.97. The van der Waals surface area contributed by atoms with Crippen LogP contribution >= 0.6 is 0 Å². The van der Waals surface area contributed by atoms with E-state index in [0.717, 1.165) is 38.5 Å². The summed E-state index contributed by atoms with van der Waals surface area (Å²) >= 11 is 0. The van der Waals surface area contributed by atoms with Crippen molar-refractivity contribution in [2.45, 2.75) is 32.9 Å². The Balaban J connectivity index is 1.93. The molecule has 1 aromatic rings. The van der Waals surface area contributed by atoms with Gasteiger partial charge in [0, 0.05) is 13.1 Å². The van der Waals surface area contributed by atoms with E-state index in [0.29, 0.717) is 5.92 Å². The Morgan fingerprint density at radius 2 is 2.44 bits per heavy atom. The van der Waals surface area contributed by atoms with E-state index in [4.69, 9.17) is 5.73 Å². The van der Waals surface area contributed by atoms with Crippen LogP contribution < -0.4 is 5.73 Å². The fourth-order valence-corrected chi connectivity index (χ4v) is 2.36. The molecule has 1 saturated heterocycles. The number of hydrogen-bond donors (Lipinski definition) is 1. The summed E-state index contributed by atoms with van der Waals surface area (Å²) < 4.78 is 1.96. The first-order valence-electron chi connectivity index (χ1n) is 6.12. The third-order valence-electron chi connectivity index (χ3n) is 3.30. The van der Waals surface area contributed by atoms with Gasteiger partial charge in [-0.3, -0.25) is 4.90 Å². The molecule has 5 heteroatoms. The topological polar surface area (TPSA) is 60.0 Å². The van der Waals surface area contributed by atoms with Crippen LogP contribution in [0.25, 0.3) is 0 Å². The quantitative estimate of drug-likeness (QED) is 0.806. The summed E-state index contributed by atoms with van der Waals surface area (Å²) in [6, 6.07) is 0. The number of hydrogen-bond acceptors (Lipinski definition) is 4. The highest BCUT2D eigenvalue weighted by Crippen LogP contribution is 2.16. The van der Waals surface area contributed by atoms with Crippen LogP contribution in [-0.2, 0) is 13.1 Å². The van der Waals surface area contributed by atoms with Gasteiger partial charge < -0.3 is 5.73 Å². The minimum absolute atomic E-state index is 0.659. The van der Waals surface area contributed by atoms with E-state index in [-0.39, 0.29) is 0 Å². The zero-order chi connectivity index (χ0) is 11.4. The minimum atomic E-state index is 0.659. The number of aryl methyl sites for hydroxylation is 1. The molecule has 2 rings (SSSR count). The normalized spacial score (nSPS) is 22.5. The van der Waals surface area contributed by atoms with Crippen molar-refractivity contribution in [1.29, 1.82) is 0 Å². The molecule has 2 N–H and O–H groups in total. The summed E-state index contributed by atoms with van der Waals surface area (Å²) in [7, 11) is 0. The molecular weight excluding hydrogens is 202 g/mol. The number of piperidine rings is 1. The smallest absolute Gasteiger partial charge is 0.140 e. The molecule has 0 spiro atoms. The first kappa shape index (κ1) is 11.5. The highest BCUT2D eigenvalue weighted by atomic mass is 15.3. The van der Waals surface area contributed by atoms with Crippen LogP contribution in [0.1, 0.15) is 25.6 Å². The molecule has 0 saturated carbocycles. The highest BCUT2D eigenvalue weighted by molar-refractivity contribution is 4.86. The Bertz CT molecular complexity index is 322. The van der Waals surface area contributed by atoms with Crippen molar-refractivity contribution in [2.24, 2.45) is 11.7 Å². The molecule has 0 aliphatic carbocycles. The zero-order valence-corrected chi connectivity index (χ0v) is 9.97. The maximum Gasteiger partial charge on any atom is 0.140 e. The fraction of sp³-hybridized carbons (Fsp3) is 0.818. The van der Waals surface area contributed by atoms with E-state index in [9.17, 15) is 0 Å². The average molecular weight is 223 g/mol. The Morgan fingerprint density at radius 1 is 1.56 bits per heavy atom. The molecular formula is C11H21N5. The van der Waals surface area contributed by atoms with Crippen molar-refractivity contribution in [1.82, 2.24) is 19.7 Å². The molecule has 2 heterocycles. The van der Waals surface area contributed by atoms with Crippen LogP contribution in [0.5, 0.6) is 0 Å². The second-order valence-electron chi connectivity index (χ2n) is 4.47. The summed E-state index contributed by atoms with van der Waals surface area (Å²) in [6.07, 6.45) is 4.17. The predicted molar refractivity (Wildman–Crippen MR) is 62.8 cm³/mol. The Kier molecular flexibility index (Phi) is 3.90. The van der Waals surface area contributed by atoms with Crippen LogP contribution in [0.4, 0.5) is 0 Å². The molecule has 5 nitrogen and oxygen atoms in total. The van der Waals surface area contributed by atoms with Gasteiger partial charge in [-0.25, -0.2) is 9.67 Å². The first-order chi connectivity index (χ1) is 7.83. The lowest BCUT2D eigenvalue weighted by Crippen LogP contribution is -2.38. The van der Waals surface area contributed by atoms with Gasteiger partial charge in [-0.05, 0) is 38.8 Å². The van der Waals surface area contributed by atoms with Crippen molar-refractivity contribution in [2.75, 3.05) is 19.6 Å². The van der Waals surface area contributed by atoms with Crippen LogP contribution in [0, 0.1) is 5.92 Å². The molecule has 1 aliphatic rings. The summed E-state index contributed by atoms with van der Waals surface area (Å²) in [6.45, 7) is 6.96. The van der Waals surface area contributed by atoms with Gasteiger partial charge in [0.2, 0.25) is 0 Å². The molecule has 1 unspecified atom stereocenters. The van der Waals surface area contributed by atoms with Crippen molar-refractivity contribution in [3.63, 3.8) is 0 Å². The van der Waals surface area contributed by atoms with Crippen LogP contribution in [0.2, 0.25) is 0 Å². The highest BCUT2D eigenvalue weighted by Gasteiger charge is 2.19. The fourth-order valence-electron chi connectivity index (χ4n) is 2.36. The van der Waals surface area contributed by atoms with E-state index < -0.39 is 0 Å². The average Bonchev–Trinajstić information content (AvgIpc) is 2.76. The Hall–Kier alpha value is -0.940. The lowest BCUT2D eigenvalue weighted by molar-refractivity contribution is 0.165. The van der Waals surface area contributed by atoms with Gasteiger partial charge in [-0.15, -0.1) is 0 Å². The van der Waals surface area contributed by atoms with Gasteiger partial charge in [0.05, 0.1) is 6.54 Å². The van der Waals surface area contributed by atoms with Gasteiger partial charge in [0.1, 0.15) is 12.2 Å². The van der Waals surface area contributed by atoms with Gasteiger partial charge >= 0.3 is 0 Å².